The molecule has 0 unspecified atom stereocenters. The van der Waals surface area contributed by atoms with E-state index in [0.717, 1.165) is 13.1 Å². The monoisotopic (exact) mass is 233 g/mol. The molecule has 0 saturated heterocycles. The molecule has 0 saturated carbocycles. The van der Waals surface area contributed by atoms with Crippen LogP contribution in [-0.4, -0.2) is 44.5 Å². The van der Waals surface area contributed by atoms with Crippen molar-refractivity contribution < 1.29 is 4.79 Å². The Bertz CT molecular complexity index is 405. The summed E-state index contributed by atoms with van der Waals surface area (Å²) in [5.74, 6) is 0.164. The van der Waals surface area contributed by atoms with Gasteiger partial charge in [-0.05, 0) is 18.7 Å². The molecule has 4 heteroatoms. The molecule has 4 nitrogen and oxygen atoms in total. The van der Waals surface area contributed by atoms with E-state index in [0.29, 0.717) is 13.1 Å². The molecule has 1 aliphatic heterocycles. The van der Waals surface area contributed by atoms with Gasteiger partial charge < -0.3 is 15.1 Å². The molecule has 0 radical (unpaired) electrons. The van der Waals surface area contributed by atoms with Crippen molar-refractivity contribution in [3.05, 3.63) is 29.8 Å². The molecule has 1 aromatic carbocycles. The minimum Gasteiger partial charge on any atom is -0.373 e. The molecule has 0 aliphatic carbocycles. The number of amides is 1. The molecule has 17 heavy (non-hydrogen) atoms. The number of carbonyl (C=O) groups is 1. The smallest absolute Gasteiger partial charge is 0.236 e. The second kappa shape index (κ2) is 5.19. The molecular weight excluding hydrogens is 214 g/mol. The third kappa shape index (κ3) is 2.58. The van der Waals surface area contributed by atoms with Gasteiger partial charge in [-0.3, -0.25) is 4.79 Å². The van der Waals surface area contributed by atoms with Crippen molar-refractivity contribution in [1.82, 2.24) is 10.2 Å². The first-order valence-corrected chi connectivity index (χ1v) is 5.94. The quantitative estimate of drug-likeness (QED) is 0.816. The van der Waals surface area contributed by atoms with Gasteiger partial charge in [0, 0.05) is 32.4 Å². The van der Waals surface area contributed by atoms with Gasteiger partial charge in [-0.25, -0.2) is 0 Å². The molecule has 0 fully saturated rings. The molecule has 92 valence electrons. The summed E-state index contributed by atoms with van der Waals surface area (Å²) in [6, 6.07) is 8.28. The molecule has 1 aromatic rings. The zero-order chi connectivity index (χ0) is 12.3. The number of hydrogen-bond donors (Lipinski definition) is 1. The summed E-state index contributed by atoms with van der Waals surface area (Å²) in [7, 11) is 3.88. The van der Waals surface area contributed by atoms with E-state index in [1.807, 2.05) is 17.0 Å². The number of likely N-dealkylation sites (N-methyl/N-ethyl adjacent to an activating group) is 2. The van der Waals surface area contributed by atoms with Crippen molar-refractivity contribution in [2.75, 3.05) is 38.6 Å². The number of fused-ring (bicyclic) bond motifs is 1. The molecule has 1 aliphatic rings. The van der Waals surface area contributed by atoms with Crippen molar-refractivity contribution in [3.63, 3.8) is 0 Å². The average Bonchev–Trinajstić information content (AvgIpc) is 2.50. The molecule has 2 rings (SSSR count). The summed E-state index contributed by atoms with van der Waals surface area (Å²) in [5, 5.41) is 2.92. The van der Waals surface area contributed by atoms with Gasteiger partial charge in [0.2, 0.25) is 5.91 Å². The summed E-state index contributed by atoms with van der Waals surface area (Å²) in [6.45, 7) is 2.78. The van der Waals surface area contributed by atoms with E-state index in [1.54, 1.807) is 7.05 Å². The first-order chi connectivity index (χ1) is 8.22. The highest BCUT2D eigenvalue weighted by molar-refractivity contribution is 5.78. The van der Waals surface area contributed by atoms with Gasteiger partial charge in [0.15, 0.2) is 0 Å². The van der Waals surface area contributed by atoms with Crippen molar-refractivity contribution in [2.24, 2.45) is 0 Å². The second-order valence-electron chi connectivity index (χ2n) is 4.40. The SMILES string of the molecule is CNCC(=O)N1CCN(C)c2ccccc2C1. The summed E-state index contributed by atoms with van der Waals surface area (Å²) in [5.41, 5.74) is 2.45. The lowest BCUT2D eigenvalue weighted by Gasteiger charge is -2.20. The largest absolute Gasteiger partial charge is 0.373 e. The van der Waals surface area contributed by atoms with Gasteiger partial charge in [0.05, 0.1) is 6.54 Å². The minimum absolute atomic E-state index is 0.164. The third-order valence-corrected chi connectivity index (χ3v) is 3.15. The first kappa shape index (κ1) is 11.9. The van der Waals surface area contributed by atoms with Crippen LogP contribution in [-0.2, 0) is 11.3 Å². The van der Waals surface area contributed by atoms with Crippen molar-refractivity contribution in [3.8, 4) is 0 Å². The van der Waals surface area contributed by atoms with Gasteiger partial charge in [0.25, 0.3) is 0 Å². The molecule has 1 heterocycles. The van der Waals surface area contributed by atoms with E-state index in [-0.39, 0.29) is 5.91 Å². The van der Waals surface area contributed by atoms with Crippen LogP contribution >= 0.6 is 0 Å². The Balaban J connectivity index is 2.20. The Morgan fingerprint density at radius 3 is 2.88 bits per heavy atom. The molecule has 0 spiro atoms. The van der Waals surface area contributed by atoms with E-state index in [2.05, 4.69) is 29.4 Å². The van der Waals surface area contributed by atoms with Crippen molar-refractivity contribution >= 4 is 11.6 Å². The maximum absolute atomic E-state index is 11.9. The average molecular weight is 233 g/mol. The third-order valence-electron chi connectivity index (χ3n) is 3.15. The fraction of sp³-hybridized carbons (Fsp3) is 0.462. The number of nitrogens with one attached hydrogen (secondary N) is 1. The van der Waals surface area contributed by atoms with Crippen LogP contribution in [0.15, 0.2) is 24.3 Å². The van der Waals surface area contributed by atoms with Gasteiger partial charge in [-0.2, -0.15) is 0 Å². The predicted octanol–water partition coefficient (Wildman–Crippen LogP) is 0.684. The maximum Gasteiger partial charge on any atom is 0.236 e. The number of hydrogen-bond acceptors (Lipinski definition) is 3. The number of benzene rings is 1. The Labute approximate surface area is 102 Å². The number of anilines is 1. The summed E-state index contributed by atoms with van der Waals surface area (Å²) >= 11 is 0. The lowest BCUT2D eigenvalue weighted by molar-refractivity contribution is -0.130. The Morgan fingerprint density at radius 1 is 1.35 bits per heavy atom. The van der Waals surface area contributed by atoms with Gasteiger partial charge in [-0.15, -0.1) is 0 Å². The van der Waals surface area contributed by atoms with Crippen LogP contribution in [0.25, 0.3) is 0 Å². The van der Waals surface area contributed by atoms with Gasteiger partial charge in [-0.1, -0.05) is 18.2 Å². The van der Waals surface area contributed by atoms with Crippen LogP contribution in [0.2, 0.25) is 0 Å². The Kier molecular flexibility index (Phi) is 3.64. The second-order valence-corrected chi connectivity index (χ2v) is 4.40. The fourth-order valence-corrected chi connectivity index (χ4v) is 2.17. The topological polar surface area (TPSA) is 35.6 Å². The lowest BCUT2D eigenvalue weighted by atomic mass is 10.1. The highest BCUT2D eigenvalue weighted by Gasteiger charge is 2.20. The number of rotatable bonds is 2. The van der Waals surface area contributed by atoms with Crippen LogP contribution < -0.4 is 10.2 Å². The van der Waals surface area contributed by atoms with E-state index < -0.39 is 0 Å². The standard InChI is InChI=1S/C13H19N3O/c1-14-9-13(17)16-8-7-15(2)12-6-4-3-5-11(12)10-16/h3-6,14H,7-10H2,1-2H3. The molecule has 0 atom stereocenters. The zero-order valence-corrected chi connectivity index (χ0v) is 10.4. The van der Waals surface area contributed by atoms with Crippen LogP contribution in [0.4, 0.5) is 5.69 Å². The summed E-state index contributed by atoms with van der Waals surface area (Å²) in [4.78, 5) is 16.0. The summed E-state index contributed by atoms with van der Waals surface area (Å²) < 4.78 is 0. The number of nitrogens with zero attached hydrogens (tertiary/aromatic N) is 2. The van der Waals surface area contributed by atoms with Crippen molar-refractivity contribution in [1.29, 1.82) is 0 Å². The van der Waals surface area contributed by atoms with Gasteiger partial charge >= 0.3 is 0 Å². The predicted molar refractivity (Wildman–Crippen MR) is 69.1 cm³/mol. The van der Waals surface area contributed by atoms with E-state index in [9.17, 15) is 4.79 Å². The molecular formula is C13H19N3O. The van der Waals surface area contributed by atoms with E-state index in [1.165, 1.54) is 11.3 Å². The summed E-state index contributed by atoms with van der Waals surface area (Å²) in [6.07, 6.45) is 0. The number of para-hydroxylation sites is 1. The minimum atomic E-state index is 0.164. The first-order valence-electron chi connectivity index (χ1n) is 5.94. The lowest BCUT2D eigenvalue weighted by Crippen LogP contribution is -2.38. The van der Waals surface area contributed by atoms with E-state index in [4.69, 9.17) is 0 Å². The molecule has 1 amide bonds. The Morgan fingerprint density at radius 2 is 2.12 bits per heavy atom. The van der Waals surface area contributed by atoms with Gasteiger partial charge in [0.1, 0.15) is 0 Å². The maximum atomic E-state index is 11.9. The fourth-order valence-electron chi connectivity index (χ4n) is 2.17. The highest BCUT2D eigenvalue weighted by Crippen LogP contribution is 2.23. The Hall–Kier alpha value is -1.55. The number of carbonyl (C=O) groups excluding carboxylic acids is 1. The van der Waals surface area contributed by atoms with Crippen LogP contribution in [0.5, 0.6) is 0 Å². The highest BCUT2D eigenvalue weighted by atomic mass is 16.2. The van der Waals surface area contributed by atoms with Crippen LogP contribution in [0, 0.1) is 0 Å². The van der Waals surface area contributed by atoms with Crippen molar-refractivity contribution in [2.45, 2.75) is 6.54 Å². The van der Waals surface area contributed by atoms with E-state index >= 15 is 0 Å². The molecule has 1 N–H and O–H groups in total. The normalized spacial score (nSPS) is 15.4. The van der Waals surface area contributed by atoms with Crippen LogP contribution in [0.3, 0.4) is 0 Å². The van der Waals surface area contributed by atoms with Crippen LogP contribution in [0.1, 0.15) is 5.56 Å². The zero-order valence-electron chi connectivity index (χ0n) is 10.4. The molecule has 0 bridgehead atoms. The molecule has 0 aromatic heterocycles.